The lowest BCUT2D eigenvalue weighted by molar-refractivity contribution is -0.133. The van der Waals surface area contributed by atoms with Crippen molar-refractivity contribution in [2.45, 2.75) is 13.1 Å². The van der Waals surface area contributed by atoms with Gasteiger partial charge >= 0.3 is 0 Å². The van der Waals surface area contributed by atoms with Gasteiger partial charge in [-0.3, -0.25) is 18.8 Å². The number of carbonyl (C=O) groups is 1. The Labute approximate surface area is 150 Å². The Kier molecular flexibility index (Phi) is 5.43. The number of hydrogen-bond acceptors (Lipinski definition) is 5. The second kappa shape index (κ2) is 7.92. The molecule has 26 heavy (non-hydrogen) atoms. The van der Waals surface area contributed by atoms with Gasteiger partial charge in [0, 0.05) is 39.0 Å². The summed E-state index contributed by atoms with van der Waals surface area (Å²) in [5.74, 6) is -0.163. The molecule has 0 N–H and O–H groups in total. The van der Waals surface area contributed by atoms with Crippen molar-refractivity contribution in [3.8, 4) is 0 Å². The number of methoxy groups -OCH3 is 1. The Hall–Kier alpha value is -3.00. The Bertz CT molecular complexity index is 963. The van der Waals surface area contributed by atoms with Gasteiger partial charge in [0.1, 0.15) is 6.54 Å². The minimum atomic E-state index is -0.301. The Balaban J connectivity index is 1.85. The topological polar surface area (TPSA) is 82.2 Å². The molecule has 0 saturated carbocycles. The molecule has 0 bridgehead atoms. The van der Waals surface area contributed by atoms with Crippen molar-refractivity contribution in [1.29, 1.82) is 0 Å². The van der Waals surface area contributed by atoms with Crippen LogP contribution in [0.5, 0.6) is 0 Å². The molecule has 2 heterocycles. The molecule has 0 aliphatic carbocycles. The van der Waals surface area contributed by atoms with Crippen LogP contribution >= 0.6 is 0 Å². The van der Waals surface area contributed by atoms with Crippen molar-refractivity contribution in [3.63, 3.8) is 0 Å². The molecule has 136 valence electrons. The van der Waals surface area contributed by atoms with E-state index in [1.54, 1.807) is 29.0 Å². The van der Waals surface area contributed by atoms with Crippen LogP contribution in [0.25, 0.3) is 11.0 Å². The van der Waals surface area contributed by atoms with Crippen LogP contribution in [0.1, 0.15) is 5.56 Å². The number of amides is 1. The molecule has 3 aromatic rings. The quantitative estimate of drug-likeness (QED) is 0.626. The van der Waals surface area contributed by atoms with Gasteiger partial charge in [-0.1, -0.05) is 12.1 Å². The maximum Gasteiger partial charge on any atom is 0.269 e. The van der Waals surface area contributed by atoms with Gasteiger partial charge in [-0.25, -0.2) is 4.98 Å². The second-order valence-corrected chi connectivity index (χ2v) is 6.00. The third kappa shape index (κ3) is 3.97. The highest BCUT2D eigenvalue weighted by atomic mass is 16.5. The molecular weight excluding hydrogens is 334 g/mol. The second-order valence-electron chi connectivity index (χ2n) is 6.00. The van der Waals surface area contributed by atoms with E-state index in [1.807, 2.05) is 31.4 Å². The van der Waals surface area contributed by atoms with Crippen molar-refractivity contribution in [2.75, 3.05) is 20.3 Å². The first-order valence-corrected chi connectivity index (χ1v) is 8.27. The van der Waals surface area contributed by atoms with Gasteiger partial charge in [0.15, 0.2) is 0 Å². The molecule has 1 aromatic carbocycles. The summed E-state index contributed by atoms with van der Waals surface area (Å²) >= 11 is 0. The number of hydrogen-bond donors (Lipinski definition) is 0. The van der Waals surface area contributed by atoms with E-state index >= 15 is 0 Å². The lowest BCUT2D eigenvalue weighted by Gasteiger charge is -2.22. The van der Waals surface area contributed by atoms with Crippen LogP contribution < -0.4 is 5.56 Å². The van der Waals surface area contributed by atoms with Gasteiger partial charge in [0.05, 0.1) is 30.0 Å². The number of ether oxygens (including phenoxy) is 1. The van der Waals surface area contributed by atoms with E-state index in [2.05, 4.69) is 10.1 Å². The monoisotopic (exact) mass is 355 g/mol. The molecule has 0 fully saturated rings. The number of fused-ring (bicyclic) bond motifs is 1. The van der Waals surface area contributed by atoms with E-state index in [1.165, 1.54) is 10.8 Å². The lowest BCUT2D eigenvalue weighted by Crippen LogP contribution is -2.38. The standard InChI is InChI=1S/C18H21N5O3/c1-21-11-14(9-20-21)12-22(7-8-26-2)18(25)13-23-16-6-4-3-5-15(16)19-10-17(23)24/h3-6,9-11H,7-8,12-13H2,1-2H3. The van der Waals surface area contributed by atoms with Crippen molar-refractivity contribution < 1.29 is 9.53 Å². The van der Waals surface area contributed by atoms with Crippen molar-refractivity contribution in [1.82, 2.24) is 24.2 Å². The van der Waals surface area contributed by atoms with E-state index in [0.717, 1.165) is 5.56 Å². The molecule has 0 spiro atoms. The van der Waals surface area contributed by atoms with Gasteiger partial charge in [0.25, 0.3) is 5.56 Å². The first-order valence-electron chi connectivity index (χ1n) is 8.27. The van der Waals surface area contributed by atoms with Gasteiger partial charge in [-0.05, 0) is 12.1 Å². The Morgan fingerprint density at radius 3 is 2.81 bits per heavy atom. The first-order chi connectivity index (χ1) is 12.6. The highest BCUT2D eigenvalue weighted by Crippen LogP contribution is 2.10. The zero-order valence-electron chi connectivity index (χ0n) is 14.8. The maximum atomic E-state index is 12.9. The molecule has 0 aliphatic heterocycles. The van der Waals surface area contributed by atoms with Crippen LogP contribution in [-0.2, 0) is 29.7 Å². The molecule has 8 heteroatoms. The lowest BCUT2D eigenvalue weighted by atomic mass is 10.3. The molecule has 0 radical (unpaired) electrons. The van der Waals surface area contributed by atoms with E-state index in [9.17, 15) is 9.59 Å². The molecule has 1 amide bonds. The molecule has 3 rings (SSSR count). The molecule has 8 nitrogen and oxygen atoms in total. The predicted molar refractivity (Wildman–Crippen MR) is 96.5 cm³/mol. The van der Waals surface area contributed by atoms with E-state index in [0.29, 0.717) is 30.7 Å². The van der Waals surface area contributed by atoms with E-state index in [4.69, 9.17) is 4.74 Å². The van der Waals surface area contributed by atoms with Crippen LogP contribution in [0.3, 0.4) is 0 Å². The van der Waals surface area contributed by atoms with Crippen LogP contribution in [-0.4, -0.2) is 50.4 Å². The maximum absolute atomic E-state index is 12.9. The average Bonchev–Trinajstić information content (AvgIpc) is 3.05. The highest BCUT2D eigenvalue weighted by molar-refractivity contribution is 5.80. The summed E-state index contributed by atoms with van der Waals surface area (Å²) in [5.41, 5.74) is 1.94. The Morgan fingerprint density at radius 1 is 1.27 bits per heavy atom. The molecule has 0 unspecified atom stereocenters. The Morgan fingerprint density at radius 2 is 2.08 bits per heavy atom. The molecule has 0 aliphatic rings. The van der Waals surface area contributed by atoms with Crippen molar-refractivity contribution in [2.24, 2.45) is 7.05 Å². The fourth-order valence-electron chi connectivity index (χ4n) is 2.78. The predicted octanol–water partition coefficient (Wildman–Crippen LogP) is 0.805. The average molecular weight is 355 g/mol. The minimum Gasteiger partial charge on any atom is -0.383 e. The van der Waals surface area contributed by atoms with Gasteiger partial charge in [-0.2, -0.15) is 5.10 Å². The molecule has 0 atom stereocenters. The molecule has 0 saturated heterocycles. The zero-order valence-corrected chi connectivity index (χ0v) is 14.8. The number of rotatable bonds is 7. The number of aryl methyl sites for hydroxylation is 1. The van der Waals surface area contributed by atoms with Gasteiger partial charge < -0.3 is 9.64 Å². The smallest absolute Gasteiger partial charge is 0.269 e. The number of nitrogens with zero attached hydrogens (tertiary/aromatic N) is 5. The number of benzene rings is 1. The first kappa shape index (κ1) is 17.8. The van der Waals surface area contributed by atoms with Gasteiger partial charge in [-0.15, -0.1) is 0 Å². The summed E-state index contributed by atoms with van der Waals surface area (Å²) in [7, 11) is 3.42. The van der Waals surface area contributed by atoms with E-state index < -0.39 is 0 Å². The fourth-order valence-corrected chi connectivity index (χ4v) is 2.78. The highest BCUT2D eigenvalue weighted by Gasteiger charge is 2.17. The number of para-hydroxylation sites is 2. The molecular formula is C18H21N5O3. The van der Waals surface area contributed by atoms with Crippen molar-refractivity contribution in [3.05, 3.63) is 58.8 Å². The normalized spacial score (nSPS) is 11.0. The third-order valence-corrected chi connectivity index (χ3v) is 4.10. The summed E-state index contributed by atoms with van der Waals surface area (Å²) in [6.45, 7) is 1.21. The summed E-state index contributed by atoms with van der Waals surface area (Å²) in [4.78, 5) is 30.9. The summed E-state index contributed by atoms with van der Waals surface area (Å²) in [6.07, 6.45) is 4.83. The SMILES string of the molecule is COCCN(Cc1cnn(C)c1)C(=O)Cn1c(=O)cnc2ccccc21. The zero-order chi connectivity index (χ0) is 18.5. The van der Waals surface area contributed by atoms with Gasteiger partial charge in [0.2, 0.25) is 5.91 Å². The summed E-state index contributed by atoms with van der Waals surface area (Å²) in [5, 5.41) is 4.13. The molecule has 2 aromatic heterocycles. The van der Waals surface area contributed by atoms with Crippen molar-refractivity contribution >= 4 is 16.9 Å². The van der Waals surface area contributed by atoms with Crippen LogP contribution in [0.2, 0.25) is 0 Å². The van der Waals surface area contributed by atoms with Crippen LogP contribution in [0, 0.1) is 0 Å². The van der Waals surface area contributed by atoms with Crippen LogP contribution in [0.15, 0.2) is 47.7 Å². The third-order valence-electron chi connectivity index (χ3n) is 4.10. The summed E-state index contributed by atoms with van der Waals surface area (Å²) < 4.78 is 8.26. The fraction of sp³-hybridized carbons (Fsp3) is 0.333. The summed E-state index contributed by atoms with van der Waals surface area (Å²) in [6, 6.07) is 7.27. The number of carbonyl (C=O) groups excluding carboxylic acids is 1. The number of aromatic nitrogens is 4. The minimum absolute atomic E-state index is 0.0498. The van der Waals surface area contributed by atoms with E-state index in [-0.39, 0.29) is 18.0 Å². The van der Waals surface area contributed by atoms with Crippen LogP contribution in [0.4, 0.5) is 0 Å². The largest absolute Gasteiger partial charge is 0.383 e.